The van der Waals surface area contributed by atoms with Crippen LogP contribution in [-0.2, 0) is 0 Å². The molecule has 15 heavy (non-hydrogen) atoms. The standard InChI is InChI=1S/C11H8ClFN2/c1-7-2-3-8(13)6-9(7)10-4-5-11(12)15-14-10/h2-6H,1H3. The lowest BCUT2D eigenvalue weighted by atomic mass is 10.1. The van der Waals surface area contributed by atoms with E-state index in [0.717, 1.165) is 11.1 Å². The first-order chi connectivity index (χ1) is 7.16. The fourth-order valence-electron chi connectivity index (χ4n) is 1.33. The van der Waals surface area contributed by atoms with Crippen LogP contribution in [0.15, 0.2) is 30.3 Å². The van der Waals surface area contributed by atoms with Crippen molar-refractivity contribution in [1.82, 2.24) is 10.2 Å². The summed E-state index contributed by atoms with van der Waals surface area (Å²) in [6.07, 6.45) is 0. The van der Waals surface area contributed by atoms with Gasteiger partial charge in [0.2, 0.25) is 0 Å². The lowest BCUT2D eigenvalue weighted by molar-refractivity contribution is 0.628. The maximum atomic E-state index is 13.0. The molecule has 0 amide bonds. The molecule has 2 rings (SSSR count). The molecule has 2 aromatic rings. The average Bonchev–Trinajstić information content (AvgIpc) is 2.23. The van der Waals surface area contributed by atoms with Gasteiger partial charge in [-0.1, -0.05) is 17.7 Å². The number of aromatic nitrogens is 2. The van der Waals surface area contributed by atoms with E-state index in [1.165, 1.54) is 12.1 Å². The highest BCUT2D eigenvalue weighted by molar-refractivity contribution is 6.29. The number of halogens is 2. The number of hydrogen-bond donors (Lipinski definition) is 0. The highest BCUT2D eigenvalue weighted by Gasteiger charge is 2.05. The first-order valence-electron chi connectivity index (χ1n) is 4.42. The minimum Gasteiger partial charge on any atom is -0.207 e. The average molecular weight is 223 g/mol. The number of hydrogen-bond acceptors (Lipinski definition) is 2. The summed E-state index contributed by atoms with van der Waals surface area (Å²) in [7, 11) is 0. The summed E-state index contributed by atoms with van der Waals surface area (Å²) in [4.78, 5) is 0. The molecule has 1 aromatic carbocycles. The van der Waals surface area contributed by atoms with Gasteiger partial charge in [-0.25, -0.2) is 4.39 Å². The third-order valence-electron chi connectivity index (χ3n) is 2.11. The Morgan fingerprint density at radius 3 is 2.60 bits per heavy atom. The molecule has 0 saturated heterocycles. The van der Waals surface area contributed by atoms with Gasteiger partial charge < -0.3 is 0 Å². The molecule has 76 valence electrons. The Hall–Kier alpha value is -1.48. The monoisotopic (exact) mass is 222 g/mol. The van der Waals surface area contributed by atoms with E-state index in [-0.39, 0.29) is 5.82 Å². The molecule has 1 heterocycles. The van der Waals surface area contributed by atoms with E-state index in [0.29, 0.717) is 10.8 Å². The second-order valence-electron chi connectivity index (χ2n) is 3.20. The van der Waals surface area contributed by atoms with Crippen molar-refractivity contribution in [2.24, 2.45) is 0 Å². The van der Waals surface area contributed by atoms with E-state index in [1.807, 2.05) is 6.92 Å². The van der Waals surface area contributed by atoms with Gasteiger partial charge in [-0.3, -0.25) is 0 Å². The molecule has 0 aliphatic carbocycles. The molecule has 1 aromatic heterocycles. The van der Waals surface area contributed by atoms with Crippen molar-refractivity contribution in [2.75, 3.05) is 0 Å². The van der Waals surface area contributed by atoms with Gasteiger partial charge in [0.1, 0.15) is 5.82 Å². The SMILES string of the molecule is Cc1ccc(F)cc1-c1ccc(Cl)nn1. The van der Waals surface area contributed by atoms with Crippen molar-refractivity contribution in [3.8, 4) is 11.3 Å². The maximum absolute atomic E-state index is 13.0. The molecule has 0 bridgehead atoms. The van der Waals surface area contributed by atoms with Crippen LogP contribution in [0.3, 0.4) is 0 Å². The van der Waals surface area contributed by atoms with E-state index < -0.39 is 0 Å². The molecule has 0 atom stereocenters. The van der Waals surface area contributed by atoms with Gasteiger partial charge in [0.05, 0.1) is 5.69 Å². The first-order valence-corrected chi connectivity index (χ1v) is 4.80. The van der Waals surface area contributed by atoms with Gasteiger partial charge in [0.15, 0.2) is 5.15 Å². The maximum Gasteiger partial charge on any atom is 0.151 e. The second kappa shape index (κ2) is 3.95. The van der Waals surface area contributed by atoms with Crippen molar-refractivity contribution in [2.45, 2.75) is 6.92 Å². The van der Waals surface area contributed by atoms with Crippen molar-refractivity contribution >= 4 is 11.6 Å². The van der Waals surface area contributed by atoms with Crippen LogP contribution >= 0.6 is 11.6 Å². The summed E-state index contributed by atoms with van der Waals surface area (Å²) in [5.74, 6) is -0.285. The van der Waals surface area contributed by atoms with Crippen molar-refractivity contribution < 1.29 is 4.39 Å². The molecule has 0 N–H and O–H groups in total. The van der Waals surface area contributed by atoms with Crippen LogP contribution in [0.5, 0.6) is 0 Å². The Labute approximate surface area is 91.7 Å². The van der Waals surface area contributed by atoms with E-state index in [4.69, 9.17) is 11.6 Å². The van der Waals surface area contributed by atoms with E-state index in [1.54, 1.807) is 18.2 Å². The molecule has 0 aliphatic rings. The van der Waals surface area contributed by atoms with Gasteiger partial charge >= 0.3 is 0 Å². The molecule has 4 heteroatoms. The lowest BCUT2D eigenvalue weighted by Crippen LogP contribution is -1.90. The first kappa shape index (κ1) is 10.1. The number of aryl methyl sites for hydroxylation is 1. The highest BCUT2D eigenvalue weighted by Crippen LogP contribution is 2.22. The minimum absolute atomic E-state index is 0.285. The van der Waals surface area contributed by atoms with Gasteiger partial charge in [-0.2, -0.15) is 0 Å². The summed E-state index contributed by atoms with van der Waals surface area (Å²) < 4.78 is 13.0. The van der Waals surface area contributed by atoms with Crippen LogP contribution in [0, 0.1) is 12.7 Å². The molecule has 0 saturated carbocycles. The smallest absolute Gasteiger partial charge is 0.151 e. The predicted octanol–water partition coefficient (Wildman–Crippen LogP) is 3.24. The molecular formula is C11H8ClFN2. The third kappa shape index (κ3) is 2.13. The van der Waals surface area contributed by atoms with Gasteiger partial charge in [-0.15, -0.1) is 10.2 Å². The predicted molar refractivity (Wildman–Crippen MR) is 57.2 cm³/mol. The summed E-state index contributed by atoms with van der Waals surface area (Å²) in [6, 6.07) is 7.92. The van der Waals surface area contributed by atoms with Gasteiger partial charge in [0, 0.05) is 5.56 Å². The van der Waals surface area contributed by atoms with Crippen LogP contribution in [0.4, 0.5) is 4.39 Å². The zero-order chi connectivity index (χ0) is 10.8. The summed E-state index contributed by atoms with van der Waals surface area (Å²) >= 11 is 5.62. The summed E-state index contributed by atoms with van der Waals surface area (Å²) in [6.45, 7) is 1.89. The topological polar surface area (TPSA) is 25.8 Å². The lowest BCUT2D eigenvalue weighted by Gasteiger charge is -2.04. The van der Waals surface area contributed by atoms with E-state index in [2.05, 4.69) is 10.2 Å². The van der Waals surface area contributed by atoms with Crippen LogP contribution in [-0.4, -0.2) is 10.2 Å². The van der Waals surface area contributed by atoms with E-state index >= 15 is 0 Å². The minimum atomic E-state index is -0.285. The molecule has 0 fully saturated rings. The van der Waals surface area contributed by atoms with Crippen LogP contribution in [0.25, 0.3) is 11.3 Å². The number of rotatable bonds is 1. The zero-order valence-electron chi connectivity index (χ0n) is 8.04. The molecule has 0 aliphatic heterocycles. The summed E-state index contributed by atoms with van der Waals surface area (Å²) in [5.41, 5.74) is 2.31. The van der Waals surface area contributed by atoms with Gasteiger partial charge in [0.25, 0.3) is 0 Å². The Morgan fingerprint density at radius 1 is 1.13 bits per heavy atom. The van der Waals surface area contributed by atoms with Crippen molar-refractivity contribution in [1.29, 1.82) is 0 Å². The van der Waals surface area contributed by atoms with Crippen LogP contribution in [0.2, 0.25) is 5.15 Å². The fourth-order valence-corrected chi connectivity index (χ4v) is 1.43. The molecule has 2 nitrogen and oxygen atoms in total. The number of nitrogens with zero attached hydrogens (tertiary/aromatic N) is 2. The molecular weight excluding hydrogens is 215 g/mol. The second-order valence-corrected chi connectivity index (χ2v) is 3.59. The van der Waals surface area contributed by atoms with E-state index in [9.17, 15) is 4.39 Å². The Balaban J connectivity index is 2.53. The number of benzene rings is 1. The molecule has 0 unspecified atom stereocenters. The van der Waals surface area contributed by atoms with Crippen molar-refractivity contribution in [3.63, 3.8) is 0 Å². The molecule has 0 radical (unpaired) electrons. The fraction of sp³-hybridized carbons (Fsp3) is 0.0909. The Morgan fingerprint density at radius 2 is 1.93 bits per heavy atom. The largest absolute Gasteiger partial charge is 0.207 e. The Bertz CT molecular complexity index is 482. The quantitative estimate of drug-likeness (QED) is 0.740. The highest BCUT2D eigenvalue weighted by atomic mass is 35.5. The normalized spacial score (nSPS) is 10.3. The van der Waals surface area contributed by atoms with Crippen molar-refractivity contribution in [3.05, 3.63) is 46.9 Å². The van der Waals surface area contributed by atoms with Gasteiger partial charge in [-0.05, 0) is 36.8 Å². The zero-order valence-corrected chi connectivity index (χ0v) is 8.79. The summed E-state index contributed by atoms with van der Waals surface area (Å²) in [5, 5.41) is 7.95. The Kier molecular flexibility index (Phi) is 2.64. The van der Waals surface area contributed by atoms with Crippen LogP contribution < -0.4 is 0 Å². The van der Waals surface area contributed by atoms with Crippen LogP contribution in [0.1, 0.15) is 5.56 Å². The molecule has 0 spiro atoms. The third-order valence-corrected chi connectivity index (χ3v) is 2.31.